The van der Waals surface area contributed by atoms with Crippen LogP contribution in [0.25, 0.3) is 21.5 Å². The molecule has 0 atom stereocenters. The fourth-order valence-electron chi connectivity index (χ4n) is 8.72. The molecule has 2 heterocycles. The van der Waals surface area contributed by atoms with Crippen molar-refractivity contribution in [2.24, 2.45) is 0 Å². The van der Waals surface area contributed by atoms with Gasteiger partial charge in [0.1, 0.15) is 7.05 Å². The number of allylic oxidation sites excluding steroid dienone is 9. The summed E-state index contributed by atoms with van der Waals surface area (Å²) in [4.78, 5) is 2.62. The Balaban J connectivity index is 1.19. The lowest BCUT2D eigenvalue weighted by Crippen LogP contribution is -2.27. The lowest BCUT2D eigenvalue weighted by atomic mass is 9.79. The standard InChI is InChI=1S/C46H51N2/c1-7-8-9-10-15-31-48-40-28-26-36-20-12-14-22-38(36)44(40)46(4,5)42(48)30-24-34-18-16-17-33(32-34)23-29-41-45(2,3)43-37-21-13-11-19-35(37)25-27-39(43)47(41)6/h7,11-14,19-30,32H,1,8-10,15-18,31H2,2-6H3/q+1. The maximum absolute atomic E-state index is 3.92. The predicted octanol–water partition coefficient (Wildman–Crippen LogP) is 12.0. The van der Waals surface area contributed by atoms with Crippen LogP contribution >= 0.6 is 0 Å². The van der Waals surface area contributed by atoms with Gasteiger partial charge in [0.15, 0.2) is 5.71 Å². The Hall–Kier alpha value is -4.43. The largest absolute Gasteiger partial charge is 0.344 e. The van der Waals surface area contributed by atoms with E-state index < -0.39 is 0 Å². The lowest BCUT2D eigenvalue weighted by Gasteiger charge is -2.27. The van der Waals surface area contributed by atoms with Gasteiger partial charge in [-0.05, 0) is 109 Å². The molecule has 244 valence electrons. The van der Waals surface area contributed by atoms with Crippen molar-refractivity contribution in [3.05, 3.63) is 144 Å². The van der Waals surface area contributed by atoms with Gasteiger partial charge in [0.05, 0.1) is 5.41 Å². The fraction of sp³-hybridized carbons (Fsp3) is 0.326. The molecule has 0 unspecified atom stereocenters. The van der Waals surface area contributed by atoms with Crippen LogP contribution in [0, 0.1) is 0 Å². The van der Waals surface area contributed by atoms with Crippen LogP contribution in [0.15, 0.2) is 133 Å². The summed E-state index contributed by atoms with van der Waals surface area (Å²) >= 11 is 0. The topological polar surface area (TPSA) is 6.25 Å². The minimum absolute atomic E-state index is 0.0673. The zero-order valence-electron chi connectivity index (χ0n) is 29.7. The van der Waals surface area contributed by atoms with Crippen LogP contribution in [0.3, 0.4) is 0 Å². The molecule has 4 aromatic rings. The van der Waals surface area contributed by atoms with Crippen molar-refractivity contribution >= 4 is 38.6 Å². The number of benzene rings is 4. The molecule has 0 fully saturated rings. The van der Waals surface area contributed by atoms with Crippen LogP contribution in [0.5, 0.6) is 0 Å². The first kappa shape index (κ1) is 32.1. The number of fused-ring (bicyclic) bond motifs is 6. The second-order valence-electron chi connectivity index (χ2n) is 15.0. The van der Waals surface area contributed by atoms with Crippen molar-refractivity contribution < 1.29 is 4.58 Å². The average molecular weight is 632 g/mol. The van der Waals surface area contributed by atoms with Gasteiger partial charge in [-0.3, -0.25) is 0 Å². The van der Waals surface area contributed by atoms with E-state index in [4.69, 9.17) is 0 Å². The van der Waals surface area contributed by atoms with E-state index in [9.17, 15) is 0 Å². The van der Waals surface area contributed by atoms with Gasteiger partial charge in [-0.25, -0.2) is 0 Å². The molecular weight excluding hydrogens is 581 g/mol. The zero-order valence-corrected chi connectivity index (χ0v) is 29.7. The monoisotopic (exact) mass is 631 g/mol. The Morgan fingerprint density at radius 1 is 0.750 bits per heavy atom. The Kier molecular flexibility index (Phi) is 8.62. The highest BCUT2D eigenvalue weighted by Gasteiger charge is 2.44. The third kappa shape index (κ3) is 5.60. The highest BCUT2D eigenvalue weighted by molar-refractivity contribution is 6.07. The van der Waals surface area contributed by atoms with Gasteiger partial charge in [0.25, 0.3) is 0 Å². The quantitative estimate of drug-likeness (QED) is 0.101. The first-order chi connectivity index (χ1) is 23.2. The molecule has 2 heteroatoms. The van der Waals surface area contributed by atoms with E-state index in [1.807, 2.05) is 6.08 Å². The van der Waals surface area contributed by atoms with Crippen molar-refractivity contribution in [2.45, 2.75) is 83.5 Å². The normalized spacial score (nSPS) is 19.9. The van der Waals surface area contributed by atoms with Gasteiger partial charge >= 0.3 is 0 Å². The average Bonchev–Trinajstić information content (AvgIpc) is 3.43. The van der Waals surface area contributed by atoms with Crippen LogP contribution < -0.4 is 4.90 Å². The molecule has 3 aliphatic rings. The number of nitrogens with zero attached hydrogens (tertiary/aromatic N) is 2. The summed E-state index contributed by atoms with van der Waals surface area (Å²) < 4.78 is 2.40. The van der Waals surface area contributed by atoms with E-state index in [-0.39, 0.29) is 10.8 Å². The van der Waals surface area contributed by atoms with E-state index in [0.29, 0.717) is 0 Å². The second-order valence-corrected chi connectivity index (χ2v) is 15.0. The third-order valence-electron chi connectivity index (χ3n) is 11.2. The number of unbranched alkanes of at least 4 members (excludes halogenated alkanes) is 3. The van der Waals surface area contributed by atoms with Gasteiger partial charge < -0.3 is 4.90 Å². The maximum Gasteiger partial charge on any atom is 0.210 e. The van der Waals surface area contributed by atoms with E-state index in [2.05, 4.69) is 154 Å². The summed E-state index contributed by atoms with van der Waals surface area (Å²) in [5.74, 6) is 0. The number of anilines is 1. The second kappa shape index (κ2) is 12.9. The lowest BCUT2D eigenvalue weighted by molar-refractivity contribution is -0.401. The third-order valence-corrected chi connectivity index (χ3v) is 11.2. The van der Waals surface area contributed by atoms with Crippen LogP contribution in [0.1, 0.15) is 83.8 Å². The smallest absolute Gasteiger partial charge is 0.210 e. The highest BCUT2D eigenvalue weighted by atomic mass is 15.2. The minimum Gasteiger partial charge on any atom is -0.344 e. The van der Waals surface area contributed by atoms with Crippen LogP contribution in [-0.2, 0) is 10.8 Å². The molecule has 0 N–H and O–H groups in total. The molecular formula is C46H51N2+. The molecule has 2 nitrogen and oxygen atoms in total. The molecule has 7 rings (SSSR count). The van der Waals surface area contributed by atoms with Gasteiger partial charge in [-0.15, -0.1) is 6.58 Å². The van der Waals surface area contributed by atoms with E-state index >= 15 is 0 Å². The Bertz CT molecular complexity index is 2060. The van der Waals surface area contributed by atoms with Gasteiger partial charge in [0, 0.05) is 41.1 Å². The summed E-state index contributed by atoms with van der Waals surface area (Å²) in [6.45, 7) is 14.6. The molecule has 2 aliphatic heterocycles. The SMILES string of the molecule is C=CCCCCCN1/C(=C/C=C2C=C(/C=C/C3=[N+](C)c4ccc5ccccc5c4C3(C)C)CCC/2)C(C)(C)c2c1ccc1ccccc21. The number of hydrogen-bond donors (Lipinski definition) is 0. The molecule has 0 saturated heterocycles. The van der Waals surface area contributed by atoms with E-state index in [1.165, 1.54) is 92.3 Å². The maximum atomic E-state index is 3.92. The van der Waals surface area contributed by atoms with Crippen LogP contribution in [0.2, 0.25) is 0 Å². The Morgan fingerprint density at radius 2 is 1.46 bits per heavy atom. The molecule has 0 spiro atoms. The van der Waals surface area contributed by atoms with Gasteiger partial charge in [-0.2, -0.15) is 4.58 Å². The molecule has 0 bridgehead atoms. The molecule has 0 aromatic heterocycles. The van der Waals surface area contributed by atoms with Crippen molar-refractivity contribution in [1.82, 2.24) is 0 Å². The first-order valence-corrected chi connectivity index (χ1v) is 18.1. The molecule has 4 aromatic carbocycles. The minimum atomic E-state index is -0.0794. The first-order valence-electron chi connectivity index (χ1n) is 18.1. The number of rotatable bonds is 9. The highest BCUT2D eigenvalue weighted by Crippen LogP contribution is 2.51. The van der Waals surface area contributed by atoms with E-state index in [1.54, 1.807) is 0 Å². The Morgan fingerprint density at radius 3 is 2.21 bits per heavy atom. The predicted molar refractivity (Wildman–Crippen MR) is 208 cm³/mol. The van der Waals surface area contributed by atoms with Crippen LogP contribution in [0.4, 0.5) is 11.4 Å². The van der Waals surface area contributed by atoms with Gasteiger partial charge in [0.2, 0.25) is 5.69 Å². The van der Waals surface area contributed by atoms with Crippen LogP contribution in [-0.4, -0.2) is 23.9 Å². The van der Waals surface area contributed by atoms with Crippen molar-refractivity contribution in [3.63, 3.8) is 0 Å². The fourth-order valence-corrected chi connectivity index (χ4v) is 8.72. The van der Waals surface area contributed by atoms with Crippen molar-refractivity contribution in [3.8, 4) is 0 Å². The zero-order chi connectivity index (χ0) is 33.5. The number of hydrogen-bond acceptors (Lipinski definition) is 1. The Labute approximate surface area is 288 Å². The molecule has 0 radical (unpaired) electrons. The summed E-state index contributed by atoms with van der Waals surface area (Å²) in [7, 11) is 2.23. The summed E-state index contributed by atoms with van der Waals surface area (Å²) in [6.07, 6.45) is 22.3. The molecule has 0 saturated carbocycles. The summed E-state index contributed by atoms with van der Waals surface area (Å²) in [5.41, 5.74) is 11.1. The van der Waals surface area contributed by atoms with Crippen molar-refractivity contribution in [1.29, 1.82) is 0 Å². The molecule has 1 aliphatic carbocycles. The van der Waals surface area contributed by atoms with Crippen molar-refractivity contribution in [2.75, 3.05) is 18.5 Å². The summed E-state index contributed by atoms with van der Waals surface area (Å²) in [6, 6.07) is 26.9. The molecule has 0 amide bonds. The molecule has 48 heavy (non-hydrogen) atoms. The van der Waals surface area contributed by atoms with E-state index in [0.717, 1.165) is 25.8 Å². The summed E-state index contributed by atoms with van der Waals surface area (Å²) in [5, 5.41) is 5.38. The van der Waals surface area contributed by atoms with Gasteiger partial charge in [-0.1, -0.05) is 99.2 Å².